The van der Waals surface area contributed by atoms with Gasteiger partial charge in [-0.2, -0.15) is 0 Å². The fourth-order valence-electron chi connectivity index (χ4n) is 3.80. The van der Waals surface area contributed by atoms with Crippen LogP contribution in [0.2, 0.25) is 0 Å². The van der Waals surface area contributed by atoms with Crippen LogP contribution in [0.15, 0.2) is 93.8 Å². The summed E-state index contributed by atoms with van der Waals surface area (Å²) in [5.74, 6) is 1.09. The molecule has 0 aliphatic rings. The Balaban J connectivity index is 1.39. The molecule has 0 atom stereocenters. The predicted molar refractivity (Wildman–Crippen MR) is 127 cm³/mol. The van der Waals surface area contributed by atoms with E-state index in [0.29, 0.717) is 34.3 Å². The number of nitrogen functional groups attached to an aromatic ring is 2. The van der Waals surface area contributed by atoms with Crippen LogP contribution in [0.1, 0.15) is 0 Å². The average Bonchev–Trinajstić information content (AvgIpc) is 3.42. The Labute approximate surface area is 183 Å². The smallest absolute Gasteiger partial charge is 0.227 e. The van der Waals surface area contributed by atoms with E-state index in [1.807, 2.05) is 84.9 Å². The monoisotopic (exact) mass is 418 g/mol. The lowest BCUT2D eigenvalue weighted by molar-refractivity contribution is 0.619. The van der Waals surface area contributed by atoms with E-state index in [0.717, 1.165) is 33.3 Å². The number of hydrogen-bond acceptors (Lipinski definition) is 6. The van der Waals surface area contributed by atoms with Gasteiger partial charge < -0.3 is 20.3 Å². The summed E-state index contributed by atoms with van der Waals surface area (Å²) in [4.78, 5) is 9.18. The molecule has 0 amide bonds. The van der Waals surface area contributed by atoms with Crippen LogP contribution in [-0.4, -0.2) is 9.97 Å². The molecule has 32 heavy (non-hydrogen) atoms. The van der Waals surface area contributed by atoms with Crippen LogP contribution in [0.5, 0.6) is 0 Å². The minimum Gasteiger partial charge on any atom is -0.436 e. The van der Waals surface area contributed by atoms with Gasteiger partial charge in [0.05, 0.1) is 0 Å². The number of anilines is 2. The third kappa shape index (κ3) is 3.15. The number of aromatic nitrogens is 2. The van der Waals surface area contributed by atoms with E-state index in [1.165, 1.54) is 0 Å². The maximum Gasteiger partial charge on any atom is 0.227 e. The molecule has 154 valence electrons. The molecule has 6 heteroatoms. The highest BCUT2D eigenvalue weighted by Gasteiger charge is 2.12. The van der Waals surface area contributed by atoms with Crippen LogP contribution in [0.25, 0.3) is 56.2 Å². The number of benzene rings is 4. The van der Waals surface area contributed by atoms with Crippen LogP contribution in [0, 0.1) is 0 Å². The largest absolute Gasteiger partial charge is 0.436 e. The van der Waals surface area contributed by atoms with E-state index in [1.54, 1.807) is 0 Å². The molecule has 0 aliphatic heterocycles. The van der Waals surface area contributed by atoms with Gasteiger partial charge in [-0.3, -0.25) is 0 Å². The number of rotatable bonds is 3. The summed E-state index contributed by atoms with van der Waals surface area (Å²) >= 11 is 0. The Kier molecular flexibility index (Phi) is 3.98. The molecule has 0 saturated carbocycles. The molecule has 0 aliphatic carbocycles. The zero-order valence-corrected chi connectivity index (χ0v) is 16.9. The summed E-state index contributed by atoms with van der Waals surface area (Å²) in [5, 5.41) is 0. The molecular weight excluding hydrogens is 400 g/mol. The second-order valence-corrected chi connectivity index (χ2v) is 7.65. The molecule has 0 spiro atoms. The zero-order valence-electron chi connectivity index (χ0n) is 16.9. The van der Waals surface area contributed by atoms with Gasteiger partial charge in [-0.15, -0.1) is 0 Å². The molecule has 4 N–H and O–H groups in total. The van der Waals surface area contributed by atoms with Crippen molar-refractivity contribution in [1.82, 2.24) is 9.97 Å². The van der Waals surface area contributed by atoms with Gasteiger partial charge in [0.15, 0.2) is 11.2 Å². The molecule has 2 heterocycles. The molecule has 6 aromatic rings. The Hall–Kier alpha value is -4.58. The lowest BCUT2D eigenvalue weighted by Gasteiger charge is -2.00. The highest BCUT2D eigenvalue weighted by atomic mass is 16.4. The Morgan fingerprint density at radius 1 is 0.500 bits per heavy atom. The maximum absolute atomic E-state index is 6.02. The van der Waals surface area contributed by atoms with E-state index in [9.17, 15) is 0 Å². The number of fused-ring (bicyclic) bond motifs is 2. The van der Waals surface area contributed by atoms with Crippen LogP contribution in [0.3, 0.4) is 0 Å². The molecule has 2 aromatic heterocycles. The fourth-order valence-corrected chi connectivity index (χ4v) is 3.80. The molecule has 0 radical (unpaired) electrons. The predicted octanol–water partition coefficient (Wildman–Crippen LogP) is 6.13. The number of nitrogens with two attached hydrogens (primary N) is 2. The first-order valence-electron chi connectivity index (χ1n) is 10.2. The van der Waals surface area contributed by atoms with Crippen molar-refractivity contribution in [1.29, 1.82) is 0 Å². The lowest BCUT2D eigenvalue weighted by atomic mass is 10.1. The third-order valence-electron chi connectivity index (χ3n) is 5.38. The van der Waals surface area contributed by atoms with Crippen molar-refractivity contribution in [3.63, 3.8) is 0 Å². The van der Waals surface area contributed by atoms with E-state index in [2.05, 4.69) is 9.97 Å². The summed E-state index contributed by atoms with van der Waals surface area (Å²) in [6.07, 6.45) is 0. The highest BCUT2D eigenvalue weighted by molar-refractivity contribution is 5.86. The van der Waals surface area contributed by atoms with Gasteiger partial charge in [0.2, 0.25) is 11.8 Å². The van der Waals surface area contributed by atoms with E-state index < -0.39 is 0 Å². The molecule has 6 rings (SSSR count). The summed E-state index contributed by atoms with van der Waals surface area (Å²) in [7, 11) is 0. The van der Waals surface area contributed by atoms with E-state index in [-0.39, 0.29) is 0 Å². The normalized spacial score (nSPS) is 11.4. The first kappa shape index (κ1) is 18.2. The van der Waals surface area contributed by atoms with E-state index in [4.69, 9.17) is 20.3 Å². The van der Waals surface area contributed by atoms with E-state index >= 15 is 0 Å². The number of hydrogen-bond donors (Lipinski definition) is 2. The molecular formula is C26H18N4O2. The minimum atomic E-state index is 0.543. The van der Waals surface area contributed by atoms with Crippen LogP contribution < -0.4 is 11.5 Å². The van der Waals surface area contributed by atoms with Gasteiger partial charge >= 0.3 is 0 Å². The number of oxazole rings is 2. The summed E-state index contributed by atoms with van der Waals surface area (Å²) in [6, 6.07) is 26.9. The molecule has 0 bridgehead atoms. The molecule has 6 nitrogen and oxygen atoms in total. The standard InChI is InChI=1S/C26H18N4O2/c27-19-5-1-3-17(11-19)25-29-21-9-7-15(13-23(21)31-25)16-8-10-22-24(14-16)32-26(30-22)18-4-2-6-20(28)12-18/h1-14H,27-28H2. The maximum atomic E-state index is 6.02. The minimum absolute atomic E-state index is 0.543. The fraction of sp³-hybridized carbons (Fsp3) is 0. The van der Waals surface area contributed by atoms with Crippen molar-refractivity contribution in [2.45, 2.75) is 0 Å². The van der Waals surface area contributed by atoms with Crippen molar-refractivity contribution in [3.8, 4) is 34.0 Å². The van der Waals surface area contributed by atoms with Crippen molar-refractivity contribution in [2.24, 2.45) is 0 Å². The zero-order chi connectivity index (χ0) is 21.7. The van der Waals surface area contributed by atoms with Crippen LogP contribution >= 0.6 is 0 Å². The second-order valence-electron chi connectivity index (χ2n) is 7.65. The lowest BCUT2D eigenvalue weighted by Crippen LogP contribution is -1.84. The molecule has 0 fully saturated rings. The van der Waals surface area contributed by atoms with Gasteiger partial charge in [0, 0.05) is 22.5 Å². The quantitative estimate of drug-likeness (QED) is 0.335. The average molecular weight is 418 g/mol. The van der Waals surface area contributed by atoms with Gasteiger partial charge in [-0.1, -0.05) is 24.3 Å². The highest BCUT2D eigenvalue weighted by Crippen LogP contribution is 2.32. The van der Waals surface area contributed by atoms with Crippen molar-refractivity contribution >= 4 is 33.6 Å². The topological polar surface area (TPSA) is 104 Å². The van der Waals surface area contributed by atoms with Gasteiger partial charge in [0.25, 0.3) is 0 Å². The summed E-state index contributed by atoms with van der Waals surface area (Å²) in [5.41, 5.74) is 19.8. The van der Waals surface area contributed by atoms with Gasteiger partial charge in [-0.25, -0.2) is 9.97 Å². The summed E-state index contributed by atoms with van der Waals surface area (Å²) < 4.78 is 12.0. The third-order valence-corrected chi connectivity index (χ3v) is 5.38. The molecule has 0 saturated heterocycles. The van der Waals surface area contributed by atoms with Crippen molar-refractivity contribution in [2.75, 3.05) is 11.5 Å². The van der Waals surface area contributed by atoms with Crippen molar-refractivity contribution < 1.29 is 8.83 Å². The van der Waals surface area contributed by atoms with Gasteiger partial charge in [-0.05, 0) is 71.8 Å². The van der Waals surface area contributed by atoms with Crippen LogP contribution in [0.4, 0.5) is 11.4 Å². The SMILES string of the molecule is Nc1cccc(-c2nc3ccc(-c4ccc5nc(-c6cccc(N)c6)oc5c4)cc3o2)c1. The van der Waals surface area contributed by atoms with Crippen molar-refractivity contribution in [3.05, 3.63) is 84.9 Å². The van der Waals surface area contributed by atoms with Gasteiger partial charge in [0.1, 0.15) is 11.0 Å². The molecule has 0 unspecified atom stereocenters. The Morgan fingerprint density at radius 2 is 0.969 bits per heavy atom. The van der Waals surface area contributed by atoms with Crippen LogP contribution in [-0.2, 0) is 0 Å². The number of nitrogens with zero attached hydrogens (tertiary/aromatic N) is 2. The summed E-state index contributed by atoms with van der Waals surface area (Å²) in [6.45, 7) is 0. The second kappa shape index (κ2) is 6.99. The first-order chi connectivity index (χ1) is 15.6. The Bertz CT molecular complexity index is 1490. The molecule has 4 aromatic carbocycles. The first-order valence-corrected chi connectivity index (χ1v) is 10.2. The Morgan fingerprint density at radius 3 is 1.41 bits per heavy atom.